The van der Waals surface area contributed by atoms with E-state index in [1.54, 1.807) is 0 Å². The summed E-state index contributed by atoms with van der Waals surface area (Å²) in [5.41, 5.74) is 6.05. The Balaban J connectivity index is 1.99. The molecule has 2 rings (SSSR count). The normalized spacial score (nSPS) is 17.6. The maximum atomic E-state index is 12.5. The van der Waals surface area contributed by atoms with Crippen molar-refractivity contribution in [3.63, 3.8) is 0 Å². The van der Waals surface area contributed by atoms with E-state index in [1.165, 1.54) is 29.2 Å². The van der Waals surface area contributed by atoms with Crippen LogP contribution in [0, 0.1) is 10.1 Å². The number of carboxylic acids is 1. The highest BCUT2D eigenvalue weighted by molar-refractivity contribution is 5.98. The second kappa shape index (κ2) is 8.39. The zero-order valence-electron chi connectivity index (χ0n) is 14.0. The summed E-state index contributed by atoms with van der Waals surface area (Å²) in [6.45, 7) is 0.373. The van der Waals surface area contributed by atoms with Gasteiger partial charge in [0.2, 0.25) is 11.8 Å². The van der Waals surface area contributed by atoms with Crippen molar-refractivity contribution in [2.75, 3.05) is 11.9 Å². The van der Waals surface area contributed by atoms with Crippen molar-refractivity contribution in [2.45, 2.75) is 37.8 Å². The van der Waals surface area contributed by atoms with Crippen molar-refractivity contribution < 1.29 is 24.4 Å². The van der Waals surface area contributed by atoms with Gasteiger partial charge in [-0.2, -0.15) is 0 Å². The fraction of sp³-hybridized carbons (Fsp3) is 0.438. The summed E-state index contributed by atoms with van der Waals surface area (Å²) in [4.78, 5) is 46.9. The minimum absolute atomic E-state index is 0.00135. The number of aliphatic carboxylic acids is 1. The van der Waals surface area contributed by atoms with E-state index in [-0.39, 0.29) is 18.5 Å². The monoisotopic (exact) mass is 364 g/mol. The first-order valence-corrected chi connectivity index (χ1v) is 8.12. The zero-order valence-corrected chi connectivity index (χ0v) is 14.0. The molecule has 140 valence electrons. The number of likely N-dealkylation sites (tertiary alicyclic amines) is 1. The Kier molecular flexibility index (Phi) is 6.23. The largest absolute Gasteiger partial charge is 0.481 e. The van der Waals surface area contributed by atoms with Crippen molar-refractivity contribution in [3.05, 3.63) is 34.4 Å². The molecule has 0 saturated carbocycles. The van der Waals surface area contributed by atoms with Crippen LogP contribution in [-0.4, -0.2) is 51.3 Å². The van der Waals surface area contributed by atoms with E-state index in [1.807, 2.05) is 0 Å². The molecule has 1 aromatic rings. The molecule has 26 heavy (non-hydrogen) atoms. The molecule has 10 nitrogen and oxygen atoms in total. The second-order valence-corrected chi connectivity index (χ2v) is 6.02. The number of non-ortho nitro benzene ring substituents is 1. The van der Waals surface area contributed by atoms with E-state index in [0.717, 1.165) is 0 Å². The quantitative estimate of drug-likeness (QED) is 0.475. The second-order valence-electron chi connectivity index (χ2n) is 6.02. The van der Waals surface area contributed by atoms with Gasteiger partial charge >= 0.3 is 5.97 Å². The molecular weight excluding hydrogens is 344 g/mol. The van der Waals surface area contributed by atoms with Crippen LogP contribution in [0.1, 0.15) is 25.7 Å². The molecule has 0 aliphatic carbocycles. The molecule has 0 spiro atoms. The maximum Gasteiger partial charge on any atom is 0.303 e. The number of hydrogen-bond donors (Lipinski definition) is 3. The van der Waals surface area contributed by atoms with Gasteiger partial charge in [0.05, 0.1) is 11.0 Å². The van der Waals surface area contributed by atoms with Crippen LogP contribution in [-0.2, 0) is 14.4 Å². The zero-order chi connectivity index (χ0) is 19.3. The van der Waals surface area contributed by atoms with E-state index >= 15 is 0 Å². The standard InChI is InChI=1S/C16H20N4O6/c17-12(7-8-14(21)22)16(24)19-9-1-2-13(19)15(23)18-10-3-5-11(6-4-10)20(25)26/h3-6,12-13H,1-2,7-9,17H2,(H,18,23)(H,21,22)/t12-,13-/m0/s1. The molecule has 1 aliphatic rings. The van der Waals surface area contributed by atoms with Gasteiger partial charge in [0.1, 0.15) is 6.04 Å². The highest BCUT2D eigenvalue weighted by Gasteiger charge is 2.36. The first kappa shape index (κ1) is 19.3. The molecule has 0 radical (unpaired) electrons. The number of anilines is 1. The lowest BCUT2D eigenvalue weighted by molar-refractivity contribution is -0.384. The van der Waals surface area contributed by atoms with Gasteiger partial charge < -0.3 is 21.1 Å². The Hall–Kier alpha value is -3.01. The van der Waals surface area contributed by atoms with Gasteiger partial charge in [-0.15, -0.1) is 0 Å². The molecule has 0 aromatic heterocycles. The predicted molar refractivity (Wildman–Crippen MR) is 91.3 cm³/mol. The number of nitro groups is 1. The number of nitrogens with one attached hydrogen (secondary N) is 1. The van der Waals surface area contributed by atoms with Crippen LogP contribution in [0.5, 0.6) is 0 Å². The van der Waals surface area contributed by atoms with Crippen LogP contribution >= 0.6 is 0 Å². The molecule has 4 N–H and O–H groups in total. The van der Waals surface area contributed by atoms with Crippen LogP contribution in [0.2, 0.25) is 0 Å². The number of amides is 2. The lowest BCUT2D eigenvalue weighted by Crippen LogP contribution is -2.49. The average Bonchev–Trinajstić information content (AvgIpc) is 3.09. The van der Waals surface area contributed by atoms with Crippen LogP contribution < -0.4 is 11.1 Å². The summed E-state index contributed by atoms with van der Waals surface area (Å²) in [5.74, 6) is -1.90. The molecule has 2 atom stereocenters. The Bertz CT molecular complexity index is 705. The number of hydrogen-bond acceptors (Lipinski definition) is 6. The molecule has 1 heterocycles. The van der Waals surface area contributed by atoms with Gasteiger partial charge in [0.15, 0.2) is 0 Å². The molecule has 1 fully saturated rings. The van der Waals surface area contributed by atoms with Gasteiger partial charge in [0, 0.05) is 30.8 Å². The van der Waals surface area contributed by atoms with Gasteiger partial charge in [0.25, 0.3) is 5.69 Å². The molecule has 0 bridgehead atoms. The Labute approximate surface area is 149 Å². The molecule has 10 heteroatoms. The SMILES string of the molecule is N[C@@H](CCC(=O)O)C(=O)N1CCC[C@H]1C(=O)Nc1ccc([N+](=O)[O-])cc1. The average molecular weight is 364 g/mol. The van der Waals surface area contributed by atoms with Crippen molar-refractivity contribution >= 4 is 29.2 Å². The van der Waals surface area contributed by atoms with Gasteiger partial charge in [-0.05, 0) is 31.4 Å². The van der Waals surface area contributed by atoms with Crippen LogP contribution in [0.15, 0.2) is 24.3 Å². The molecular formula is C16H20N4O6. The molecule has 0 unspecified atom stereocenters. The number of nitrogens with two attached hydrogens (primary N) is 1. The van der Waals surface area contributed by atoms with E-state index in [0.29, 0.717) is 25.1 Å². The number of rotatable bonds is 7. The van der Waals surface area contributed by atoms with E-state index in [2.05, 4.69) is 5.32 Å². The summed E-state index contributed by atoms with van der Waals surface area (Å²) < 4.78 is 0. The summed E-state index contributed by atoms with van der Waals surface area (Å²) >= 11 is 0. The van der Waals surface area contributed by atoms with Crippen LogP contribution in [0.25, 0.3) is 0 Å². The highest BCUT2D eigenvalue weighted by Crippen LogP contribution is 2.22. The minimum Gasteiger partial charge on any atom is -0.481 e. The lowest BCUT2D eigenvalue weighted by Gasteiger charge is -2.26. The van der Waals surface area contributed by atoms with E-state index < -0.39 is 34.8 Å². The first-order chi connectivity index (χ1) is 12.3. The fourth-order valence-corrected chi connectivity index (χ4v) is 2.81. The number of carbonyl (C=O) groups is 3. The smallest absolute Gasteiger partial charge is 0.303 e. The third-order valence-corrected chi connectivity index (χ3v) is 4.17. The number of nitro benzene ring substituents is 1. The van der Waals surface area contributed by atoms with Crippen LogP contribution in [0.3, 0.4) is 0 Å². The molecule has 1 aromatic carbocycles. The van der Waals surface area contributed by atoms with E-state index in [9.17, 15) is 24.5 Å². The lowest BCUT2D eigenvalue weighted by atomic mass is 10.1. The highest BCUT2D eigenvalue weighted by atomic mass is 16.6. The van der Waals surface area contributed by atoms with Crippen molar-refractivity contribution in [1.29, 1.82) is 0 Å². The summed E-state index contributed by atoms with van der Waals surface area (Å²) in [6, 6.07) is 3.70. The molecule has 1 saturated heterocycles. The van der Waals surface area contributed by atoms with Crippen LogP contribution in [0.4, 0.5) is 11.4 Å². The summed E-state index contributed by atoms with van der Waals surface area (Å²) in [5, 5.41) is 22.0. The van der Waals surface area contributed by atoms with Gasteiger partial charge in [-0.25, -0.2) is 0 Å². The minimum atomic E-state index is -1.04. The molecule has 2 amide bonds. The fourth-order valence-electron chi connectivity index (χ4n) is 2.81. The summed E-state index contributed by atoms with van der Waals surface area (Å²) in [7, 11) is 0. The Morgan fingerprint density at radius 2 is 2.00 bits per heavy atom. The molecule has 1 aliphatic heterocycles. The maximum absolute atomic E-state index is 12.5. The number of carboxylic acid groups (broad SMARTS) is 1. The predicted octanol–water partition coefficient (Wildman–Crippen LogP) is 0.716. The Morgan fingerprint density at radius 1 is 1.35 bits per heavy atom. The summed E-state index contributed by atoms with van der Waals surface area (Å²) in [6.07, 6.45) is 0.883. The number of carbonyl (C=O) groups excluding carboxylic acids is 2. The van der Waals surface area contributed by atoms with Crippen molar-refractivity contribution in [1.82, 2.24) is 4.90 Å². The van der Waals surface area contributed by atoms with Gasteiger partial charge in [-0.1, -0.05) is 0 Å². The Morgan fingerprint density at radius 3 is 2.58 bits per heavy atom. The number of benzene rings is 1. The topological polar surface area (TPSA) is 156 Å². The third-order valence-electron chi connectivity index (χ3n) is 4.17. The van der Waals surface area contributed by atoms with Crippen molar-refractivity contribution in [2.24, 2.45) is 5.73 Å². The number of nitrogens with zero attached hydrogens (tertiary/aromatic N) is 2. The van der Waals surface area contributed by atoms with Crippen molar-refractivity contribution in [3.8, 4) is 0 Å². The van der Waals surface area contributed by atoms with Gasteiger partial charge in [-0.3, -0.25) is 24.5 Å². The first-order valence-electron chi connectivity index (χ1n) is 8.12. The van der Waals surface area contributed by atoms with E-state index in [4.69, 9.17) is 10.8 Å². The third kappa shape index (κ3) is 4.76.